The van der Waals surface area contributed by atoms with E-state index in [1.165, 1.54) is 23.1 Å². The smallest absolute Gasteiger partial charge is 0.327 e. The van der Waals surface area contributed by atoms with Gasteiger partial charge in [0, 0.05) is 17.7 Å². The number of carbonyl (C=O) groups is 2. The van der Waals surface area contributed by atoms with Crippen LogP contribution >= 0.6 is 11.8 Å². The topological polar surface area (TPSA) is 69.6 Å². The maximum Gasteiger partial charge on any atom is 0.327 e. The van der Waals surface area contributed by atoms with Gasteiger partial charge in [-0.25, -0.2) is 4.79 Å². The van der Waals surface area contributed by atoms with Crippen molar-refractivity contribution in [2.24, 2.45) is 0 Å². The summed E-state index contributed by atoms with van der Waals surface area (Å²) in [7, 11) is 1.91. The van der Waals surface area contributed by atoms with Gasteiger partial charge in [0.1, 0.15) is 6.04 Å². The van der Waals surface area contributed by atoms with Crippen LogP contribution in [0.3, 0.4) is 0 Å². The summed E-state index contributed by atoms with van der Waals surface area (Å²) in [5.41, 5.74) is -0.119. The van der Waals surface area contributed by atoms with E-state index in [4.69, 9.17) is 5.11 Å². The van der Waals surface area contributed by atoms with Crippen LogP contribution in [0.5, 0.6) is 0 Å². The summed E-state index contributed by atoms with van der Waals surface area (Å²) in [5, 5.41) is 12.5. The van der Waals surface area contributed by atoms with Gasteiger partial charge in [-0.3, -0.25) is 4.79 Å². The van der Waals surface area contributed by atoms with Crippen LogP contribution in [0.2, 0.25) is 0 Å². The standard InChI is InChI=1S/C13H22N2O3S/c1-14-13(5-3-2-4-6-13)7-11(16)15-9-19-8-10(15)12(17)18/h10,14H,2-9H2,1H3,(H,17,18)/t10-/m0/s1. The van der Waals surface area contributed by atoms with E-state index in [1.54, 1.807) is 0 Å². The van der Waals surface area contributed by atoms with Crippen molar-refractivity contribution in [2.75, 3.05) is 18.7 Å². The third kappa shape index (κ3) is 3.23. The van der Waals surface area contributed by atoms with E-state index >= 15 is 0 Å². The van der Waals surface area contributed by atoms with Crippen molar-refractivity contribution in [3.63, 3.8) is 0 Å². The Hall–Kier alpha value is -0.750. The summed E-state index contributed by atoms with van der Waals surface area (Å²) in [5.74, 6) is 0.109. The lowest BCUT2D eigenvalue weighted by molar-refractivity contribution is -0.148. The summed E-state index contributed by atoms with van der Waals surface area (Å²) < 4.78 is 0. The molecular formula is C13H22N2O3S. The minimum atomic E-state index is -0.888. The molecule has 19 heavy (non-hydrogen) atoms. The molecular weight excluding hydrogens is 264 g/mol. The van der Waals surface area contributed by atoms with Crippen LogP contribution in [0.1, 0.15) is 38.5 Å². The Morgan fingerprint density at radius 2 is 2.05 bits per heavy atom. The van der Waals surface area contributed by atoms with Crippen LogP contribution in [-0.2, 0) is 9.59 Å². The van der Waals surface area contributed by atoms with Crippen molar-refractivity contribution in [2.45, 2.75) is 50.1 Å². The highest BCUT2D eigenvalue weighted by Crippen LogP contribution is 2.32. The van der Waals surface area contributed by atoms with E-state index in [2.05, 4.69) is 5.32 Å². The van der Waals surface area contributed by atoms with Crippen LogP contribution < -0.4 is 5.32 Å². The molecule has 6 heteroatoms. The monoisotopic (exact) mass is 286 g/mol. The molecule has 0 aromatic heterocycles. The van der Waals surface area contributed by atoms with Crippen LogP contribution in [0.15, 0.2) is 0 Å². The Bertz CT molecular complexity index is 356. The number of nitrogens with zero attached hydrogens (tertiary/aromatic N) is 1. The average Bonchev–Trinajstić information content (AvgIpc) is 2.89. The molecule has 1 aliphatic carbocycles. The second kappa shape index (κ2) is 6.13. The van der Waals surface area contributed by atoms with Gasteiger partial charge in [-0.1, -0.05) is 19.3 Å². The summed E-state index contributed by atoms with van der Waals surface area (Å²) in [4.78, 5) is 25.1. The molecule has 1 saturated carbocycles. The molecule has 1 heterocycles. The number of rotatable bonds is 4. The first-order valence-electron chi connectivity index (χ1n) is 6.87. The molecule has 2 rings (SSSR count). The Balaban J connectivity index is 2.01. The first kappa shape index (κ1) is 14.7. The van der Waals surface area contributed by atoms with Gasteiger partial charge in [0.2, 0.25) is 5.91 Å². The third-order valence-electron chi connectivity index (χ3n) is 4.32. The van der Waals surface area contributed by atoms with Crippen molar-refractivity contribution in [3.8, 4) is 0 Å². The highest BCUT2D eigenvalue weighted by Gasteiger charge is 2.39. The first-order valence-corrected chi connectivity index (χ1v) is 8.02. The Morgan fingerprint density at radius 1 is 1.37 bits per heavy atom. The van der Waals surface area contributed by atoms with Crippen molar-refractivity contribution in [1.82, 2.24) is 10.2 Å². The number of nitrogens with one attached hydrogen (secondary N) is 1. The van der Waals surface area contributed by atoms with Crippen molar-refractivity contribution in [3.05, 3.63) is 0 Å². The van der Waals surface area contributed by atoms with Crippen LogP contribution in [0, 0.1) is 0 Å². The van der Waals surface area contributed by atoms with E-state index in [1.807, 2.05) is 7.05 Å². The third-order valence-corrected chi connectivity index (χ3v) is 5.33. The molecule has 5 nitrogen and oxygen atoms in total. The number of hydrogen-bond donors (Lipinski definition) is 2. The molecule has 0 bridgehead atoms. The minimum Gasteiger partial charge on any atom is -0.480 e. The molecule has 1 atom stereocenters. The average molecular weight is 286 g/mol. The molecule has 2 N–H and O–H groups in total. The van der Waals surface area contributed by atoms with Crippen LogP contribution in [-0.4, -0.2) is 52.1 Å². The molecule has 2 aliphatic rings. The minimum absolute atomic E-state index is 0.0198. The SMILES string of the molecule is CNC1(CC(=O)N2CSC[C@H]2C(=O)O)CCCCC1. The van der Waals surface area contributed by atoms with Gasteiger partial charge in [0.15, 0.2) is 0 Å². The zero-order valence-corrected chi connectivity index (χ0v) is 12.2. The van der Waals surface area contributed by atoms with Gasteiger partial charge in [0.05, 0.1) is 5.88 Å². The van der Waals surface area contributed by atoms with E-state index < -0.39 is 12.0 Å². The van der Waals surface area contributed by atoms with Crippen molar-refractivity contribution in [1.29, 1.82) is 0 Å². The lowest BCUT2D eigenvalue weighted by Crippen LogP contribution is -2.51. The summed E-state index contributed by atoms with van der Waals surface area (Å²) in [6.45, 7) is 0. The summed E-state index contributed by atoms with van der Waals surface area (Å²) in [6, 6.07) is -0.644. The van der Waals surface area contributed by atoms with Crippen molar-refractivity contribution >= 4 is 23.6 Å². The van der Waals surface area contributed by atoms with Crippen LogP contribution in [0.4, 0.5) is 0 Å². The van der Waals surface area contributed by atoms with Gasteiger partial charge in [0.25, 0.3) is 0 Å². The predicted octanol–water partition coefficient (Wildman–Crippen LogP) is 1.28. The number of carboxylic acids is 1. The molecule has 1 aliphatic heterocycles. The van der Waals surface area contributed by atoms with E-state index in [-0.39, 0.29) is 11.4 Å². The van der Waals surface area contributed by atoms with Gasteiger partial charge in [-0.2, -0.15) is 0 Å². The Morgan fingerprint density at radius 3 is 2.63 bits per heavy atom. The molecule has 1 saturated heterocycles. The highest BCUT2D eigenvalue weighted by atomic mass is 32.2. The second-order valence-corrected chi connectivity index (χ2v) is 6.48. The van der Waals surface area contributed by atoms with Gasteiger partial charge in [-0.05, 0) is 19.9 Å². The molecule has 0 aromatic carbocycles. The number of hydrogen-bond acceptors (Lipinski definition) is 4. The number of carboxylic acid groups (broad SMARTS) is 1. The van der Waals surface area contributed by atoms with E-state index in [0.717, 1.165) is 25.7 Å². The number of aliphatic carboxylic acids is 1. The summed E-state index contributed by atoms with van der Waals surface area (Å²) in [6.07, 6.45) is 5.96. The molecule has 1 amide bonds. The molecule has 2 fully saturated rings. The maximum absolute atomic E-state index is 12.4. The lowest BCUT2D eigenvalue weighted by Gasteiger charge is -2.38. The lowest BCUT2D eigenvalue weighted by atomic mass is 9.79. The second-order valence-electron chi connectivity index (χ2n) is 5.49. The number of amides is 1. The fourth-order valence-electron chi connectivity index (χ4n) is 3.03. The number of thioether (sulfide) groups is 1. The first-order chi connectivity index (χ1) is 9.08. The van der Waals surface area contributed by atoms with Gasteiger partial charge in [-0.15, -0.1) is 11.8 Å². The van der Waals surface area contributed by atoms with E-state index in [9.17, 15) is 9.59 Å². The molecule has 108 valence electrons. The fraction of sp³-hybridized carbons (Fsp3) is 0.846. The fourth-order valence-corrected chi connectivity index (χ4v) is 4.20. The largest absolute Gasteiger partial charge is 0.480 e. The number of carbonyl (C=O) groups excluding carboxylic acids is 1. The molecule has 0 aromatic rings. The zero-order chi connectivity index (χ0) is 13.9. The maximum atomic E-state index is 12.4. The quantitative estimate of drug-likeness (QED) is 0.815. The molecule has 0 unspecified atom stereocenters. The Kier molecular flexibility index (Phi) is 4.73. The van der Waals surface area contributed by atoms with Gasteiger partial charge >= 0.3 is 5.97 Å². The van der Waals surface area contributed by atoms with Crippen LogP contribution in [0.25, 0.3) is 0 Å². The van der Waals surface area contributed by atoms with Crippen molar-refractivity contribution < 1.29 is 14.7 Å². The zero-order valence-electron chi connectivity index (χ0n) is 11.4. The molecule has 0 spiro atoms. The van der Waals surface area contributed by atoms with E-state index in [0.29, 0.717) is 18.1 Å². The highest BCUT2D eigenvalue weighted by molar-refractivity contribution is 7.99. The molecule has 0 radical (unpaired) electrons. The van der Waals surface area contributed by atoms with Gasteiger partial charge < -0.3 is 15.3 Å². The Labute approximate surface area is 118 Å². The normalized spacial score (nSPS) is 26.4. The predicted molar refractivity (Wildman–Crippen MR) is 75.1 cm³/mol. The summed E-state index contributed by atoms with van der Waals surface area (Å²) >= 11 is 1.52.